The van der Waals surface area contributed by atoms with Crippen LogP contribution in [-0.2, 0) is 0 Å². The third kappa shape index (κ3) is 1.58. The lowest BCUT2D eigenvalue weighted by molar-refractivity contribution is 0.274. The lowest BCUT2D eigenvalue weighted by Crippen LogP contribution is -1.94. The molecule has 0 aliphatic heterocycles. The number of hydrogen-bond acceptors (Lipinski definition) is 2. The zero-order valence-electron chi connectivity index (χ0n) is 6.29. The van der Waals surface area contributed by atoms with Gasteiger partial charge >= 0.3 is 0 Å². The molecule has 1 heterocycles. The van der Waals surface area contributed by atoms with Crippen molar-refractivity contribution < 1.29 is 5.11 Å². The van der Waals surface area contributed by atoms with Gasteiger partial charge in [0.1, 0.15) is 0 Å². The largest absolute Gasteiger partial charge is 0.396 e. The fourth-order valence-electron chi connectivity index (χ4n) is 0.808. The van der Waals surface area contributed by atoms with Crippen LogP contribution in [0.5, 0.6) is 0 Å². The van der Waals surface area contributed by atoms with Crippen LogP contribution < -0.4 is 0 Å². The summed E-state index contributed by atoms with van der Waals surface area (Å²) < 4.78 is 0. The van der Waals surface area contributed by atoms with E-state index in [9.17, 15) is 0 Å². The van der Waals surface area contributed by atoms with Gasteiger partial charge in [-0.3, -0.25) is 0 Å². The molecule has 1 N–H and O–H groups in total. The molecule has 0 radical (unpaired) electrons. The first-order chi connectivity index (χ1) is 4.74. The summed E-state index contributed by atoms with van der Waals surface area (Å²) in [5.74, 6) is 0.304. The van der Waals surface area contributed by atoms with Crippen LogP contribution >= 0.6 is 11.3 Å². The van der Waals surface area contributed by atoms with Gasteiger partial charge in [0.25, 0.3) is 0 Å². The Morgan fingerprint density at radius 2 is 2.30 bits per heavy atom. The van der Waals surface area contributed by atoms with Gasteiger partial charge in [-0.2, -0.15) is 0 Å². The first kappa shape index (κ1) is 7.76. The van der Waals surface area contributed by atoms with Gasteiger partial charge in [0.05, 0.1) is 6.61 Å². The van der Waals surface area contributed by atoms with Gasteiger partial charge in [0, 0.05) is 15.7 Å². The maximum absolute atomic E-state index is 8.80. The quantitative estimate of drug-likeness (QED) is 0.695. The Balaban J connectivity index is 2.74. The SMILES string of the molecule is Cc1ccc([C@@H](C)CO)s1. The van der Waals surface area contributed by atoms with Crippen molar-refractivity contribution >= 4 is 11.3 Å². The summed E-state index contributed by atoms with van der Waals surface area (Å²) in [6, 6.07) is 4.17. The van der Waals surface area contributed by atoms with Crippen molar-refractivity contribution in [1.29, 1.82) is 0 Å². The van der Waals surface area contributed by atoms with E-state index in [1.54, 1.807) is 11.3 Å². The molecule has 1 aromatic heterocycles. The van der Waals surface area contributed by atoms with Crippen LogP contribution in [0.3, 0.4) is 0 Å². The fraction of sp³-hybridized carbons (Fsp3) is 0.500. The van der Waals surface area contributed by atoms with Crippen molar-refractivity contribution in [2.45, 2.75) is 19.8 Å². The highest BCUT2D eigenvalue weighted by Crippen LogP contribution is 2.23. The molecule has 1 nitrogen and oxygen atoms in total. The third-order valence-electron chi connectivity index (χ3n) is 1.52. The summed E-state index contributed by atoms with van der Waals surface area (Å²) in [4.78, 5) is 2.59. The van der Waals surface area contributed by atoms with Crippen LogP contribution in [0.15, 0.2) is 12.1 Å². The minimum absolute atomic E-state index is 0.250. The summed E-state index contributed by atoms with van der Waals surface area (Å²) in [5, 5.41) is 8.80. The molecule has 0 unspecified atom stereocenters. The molecule has 1 aromatic rings. The minimum atomic E-state index is 0.250. The van der Waals surface area contributed by atoms with E-state index in [1.807, 2.05) is 6.92 Å². The molecule has 1 atom stereocenters. The molecule has 0 bridgehead atoms. The lowest BCUT2D eigenvalue weighted by atomic mass is 10.1. The average Bonchev–Trinajstić information content (AvgIpc) is 2.34. The molecule has 0 spiro atoms. The van der Waals surface area contributed by atoms with Crippen molar-refractivity contribution in [2.24, 2.45) is 0 Å². The first-order valence-electron chi connectivity index (χ1n) is 3.41. The Hall–Kier alpha value is -0.340. The molecule has 0 aliphatic carbocycles. The molecule has 0 aromatic carbocycles. The van der Waals surface area contributed by atoms with Crippen molar-refractivity contribution in [3.63, 3.8) is 0 Å². The topological polar surface area (TPSA) is 20.2 Å². The highest BCUT2D eigenvalue weighted by atomic mass is 32.1. The summed E-state index contributed by atoms with van der Waals surface area (Å²) in [6.07, 6.45) is 0. The number of aryl methyl sites for hydroxylation is 1. The molecule has 0 aliphatic rings. The van der Waals surface area contributed by atoms with Crippen LogP contribution in [0.25, 0.3) is 0 Å². The maximum atomic E-state index is 8.80. The second-order valence-corrected chi connectivity index (χ2v) is 3.85. The van der Waals surface area contributed by atoms with Crippen LogP contribution in [0.4, 0.5) is 0 Å². The Labute approximate surface area is 65.3 Å². The van der Waals surface area contributed by atoms with Crippen molar-refractivity contribution in [1.82, 2.24) is 0 Å². The van der Waals surface area contributed by atoms with E-state index >= 15 is 0 Å². The third-order valence-corrected chi connectivity index (χ3v) is 2.75. The maximum Gasteiger partial charge on any atom is 0.0504 e. The number of aliphatic hydroxyl groups is 1. The van der Waals surface area contributed by atoms with Crippen LogP contribution in [0.1, 0.15) is 22.6 Å². The van der Waals surface area contributed by atoms with E-state index in [1.165, 1.54) is 9.75 Å². The summed E-state index contributed by atoms with van der Waals surface area (Å²) in [7, 11) is 0. The fourth-order valence-corrected chi connectivity index (χ4v) is 1.73. The zero-order chi connectivity index (χ0) is 7.56. The van der Waals surface area contributed by atoms with E-state index in [-0.39, 0.29) is 6.61 Å². The Kier molecular flexibility index (Phi) is 2.46. The molecular formula is C8H12OS. The van der Waals surface area contributed by atoms with Gasteiger partial charge < -0.3 is 5.11 Å². The van der Waals surface area contributed by atoms with Crippen molar-refractivity contribution in [3.8, 4) is 0 Å². The predicted octanol–water partition coefficient (Wildman–Crippen LogP) is 2.15. The molecule has 2 heteroatoms. The number of aliphatic hydroxyl groups excluding tert-OH is 1. The highest BCUT2D eigenvalue weighted by Gasteiger charge is 2.04. The smallest absolute Gasteiger partial charge is 0.0504 e. The second kappa shape index (κ2) is 3.17. The Bertz CT molecular complexity index is 205. The lowest BCUT2D eigenvalue weighted by Gasteiger charge is -2.01. The Morgan fingerprint density at radius 3 is 2.70 bits per heavy atom. The first-order valence-corrected chi connectivity index (χ1v) is 4.23. The molecule has 0 saturated heterocycles. The van der Waals surface area contributed by atoms with Crippen LogP contribution in [0, 0.1) is 6.92 Å². The average molecular weight is 156 g/mol. The van der Waals surface area contributed by atoms with Gasteiger partial charge in [0.15, 0.2) is 0 Å². The van der Waals surface area contributed by atoms with E-state index < -0.39 is 0 Å². The van der Waals surface area contributed by atoms with Crippen molar-refractivity contribution in [2.75, 3.05) is 6.61 Å². The van der Waals surface area contributed by atoms with E-state index in [2.05, 4.69) is 19.1 Å². The number of rotatable bonds is 2. The van der Waals surface area contributed by atoms with Gasteiger partial charge in [-0.05, 0) is 19.1 Å². The van der Waals surface area contributed by atoms with E-state index in [4.69, 9.17) is 5.11 Å². The summed E-state index contributed by atoms with van der Waals surface area (Å²) >= 11 is 1.76. The summed E-state index contributed by atoms with van der Waals surface area (Å²) in [5.41, 5.74) is 0. The standard InChI is InChI=1S/C8H12OS/c1-6(5-9)8-4-3-7(2)10-8/h3-4,6,9H,5H2,1-2H3/t6-/m0/s1. The predicted molar refractivity (Wildman–Crippen MR) is 44.6 cm³/mol. The molecule has 0 saturated carbocycles. The molecule has 1 rings (SSSR count). The summed E-state index contributed by atoms with van der Waals surface area (Å²) in [6.45, 7) is 4.36. The van der Waals surface area contributed by atoms with Gasteiger partial charge in [-0.1, -0.05) is 6.92 Å². The van der Waals surface area contributed by atoms with E-state index in [0.717, 1.165) is 0 Å². The normalized spacial score (nSPS) is 13.5. The van der Waals surface area contributed by atoms with Crippen molar-refractivity contribution in [3.05, 3.63) is 21.9 Å². The molecule has 0 fully saturated rings. The number of thiophene rings is 1. The number of hydrogen-bond donors (Lipinski definition) is 1. The van der Waals surface area contributed by atoms with Gasteiger partial charge in [-0.25, -0.2) is 0 Å². The highest BCUT2D eigenvalue weighted by molar-refractivity contribution is 7.12. The van der Waals surface area contributed by atoms with Crippen LogP contribution in [-0.4, -0.2) is 11.7 Å². The molecule has 0 amide bonds. The molecule has 10 heavy (non-hydrogen) atoms. The second-order valence-electron chi connectivity index (χ2n) is 2.53. The Morgan fingerprint density at radius 1 is 1.60 bits per heavy atom. The minimum Gasteiger partial charge on any atom is -0.396 e. The molecular weight excluding hydrogens is 144 g/mol. The monoisotopic (exact) mass is 156 g/mol. The zero-order valence-corrected chi connectivity index (χ0v) is 7.11. The van der Waals surface area contributed by atoms with E-state index in [0.29, 0.717) is 5.92 Å². The van der Waals surface area contributed by atoms with Gasteiger partial charge in [-0.15, -0.1) is 11.3 Å². The van der Waals surface area contributed by atoms with Gasteiger partial charge in [0.2, 0.25) is 0 Å². The molecule has 56 valence electrons. The van der Waals surface area contributed by atoms with Crippen LogP contribution in [0.2, 0.25) is 0 Å².